The van der Waals surface area contributed by atoms with E-state index in [1.54, 1.807) is 30.3 Å². The zero-order valence-electron chi connectivity index (χ0n) is 36.3. The molecular formula is C42H60N10O11S2. The smallest absolute Gasteiger partial charge is 0.242 e. The van der Waals surface area contributed by atoms with Crippen molar-refractivity contribution in [2.45, 2.75) is 54.9 Å². The number of nitrogens with two attached hydrogens (primary N) is 5. The first-order chi connectivity index (χ1) is 30.9. The van der Waals surface area contributed by atoms with E-state index in [1.165, 1.54) is 56.0 Å². The Bertz CT molecular complexity index is 2320. The number of hydrogen-bond acceptors (Lipinski definition) is 14. The molecule has 4 rings (SSSR count). The lowest BCUT2D eigenvalue weighted by molar-refractivity contribution is -0.146. The van der Waals surface area contributed by atoms with Crippen molar-refractivity contribution in [2.24, 2.45) is 27.5 Å². The predicted octanol–water partition coefficient (Wildman–Crippen LogP) is -1.44. The third-order valence-electron chi connectivity index (χ3n) is 10.4. The van der Waals surface area contributed by atoms with E-state index in [-0.39, 0.29) is 62.3 Å². The average molecular weight is 945 g/mol. The Balaban J connectivity index is 1.57. The summed E-state index contributed by atoms with van der Waals surface area (Å²) in [4.78, 5) is 73.3. The average Bonchev–Trinajstić information content (AvgIpc) is 3.73. The molecule has 3 aromatic carbocycles. The van der Waals surface area contributed by atoms with Gasteiger partial charge in [0.25, 0.3) is 0 Å². The number of carbonyl (C=O) groups excluding carboxylic acids is 5. The number of benzene rings is 3. The molecule has 5 amide bonds. The molecule has 1 aliphatic heterocycles. The molecule has 0 spiro atoms. The Labute approximate surface area is 379 Å². The van der Waals surface area contributed by atoms with Gasteiger partial charge in [0.2, 0.25) is 56.4 Å². The summed E-state index contributed by atoms with van der Waals surface area (Å²) in [5, 5.41) is 13.5. The Morgan fingerprint density at radius 2 is 1.02 bits per heavy atom. The first kappa shape index (κ1) is 51.9. The molecule has 21 nitrogen and oxygen atoms in total. The molecule has 1 heterocycles. The number of fused-ring (bicyclic) bond motifs is 1. The summed E-state index contributed by atoms with van der Waals surface area (Å²) in [6.07, 6.45) is 2.74. The number of primary amides is 1. The quantitative estimate of drug-likeness (QED) is 0.0455. The standard InChI is InChI=1S/C42H60N10O11S2/c43-17-1-3-20-49(26-38(45)53)41(56)29-52(25-33-9-14-36-37(23-33)63-30-62-36)42(57)28-51(22-16-32-7-12-35(13-8-32)65(47,60)61)40(55)27-50(21-4-2-18-44)39(54)24-48-19-15-31-5-10-34(11-6-31)64(46,58)59/h5-14,23,48H,1-4,15-22,24-30,43-44H2,(H2,45,53)(H2,46,58,59)(H2,47,60,61). The molecule has 11 N–H and O–H groups in total. The summed E-state index contributed by atoms with van der Waals surface area (Å²) in [7, 11) is -7.82. The number of amides is 5. The van der Waals surface area contributed by atoms with Crippen LogP contribution in [0.2, 0.25) is 0 Å². The van der Waals surface area contributed by atoms with Crippen molar-refractivity contribution in [3.05, 3.63) is 83.4 Å². The lowest BCUT2D eigenvalue weighted by Crippen LogP contribution is -2.51. The maximum absolute atomic E-state index is 14.5. The highest BCUT2D eigenvalue weighted by Gasteiger charge is 2.28. The van der Waals surface area contributed by atoms with Gasteiger partial charge in [0, 0.05) is 26.2 Å². The van der Waals surface area contributed by atoms with Crippen LogP contribution in [0.5, 0.6) is 11.5 Å². The van der Waals surface area contributed by atoms with Crippen LogP contribution in [-0.2, 0) is 63.4 Å². The predicted molar refractivity (Wildman–Crippen MR) is 239 cm³/mol. The number of carbonyl (C=O) groups is 5. The minimum atomic E-state index is -3.98. The Kier molecular flexibility index (Phi) is 20.1. The second-order valence-corrected chi connectivity index (χ2v) is 18.5. The fraction of sp³-hybridized carbons (Fsp3) is 0.452. The van der Waals surface area contributed by atoms with Gasteiger partial charge in [-0.25, -0.2) is 27.1 Å². The molecule has 0 saturated carbocycles. The summed E-state index contributed by atoms with van der Waals surface area (Å²) < 4.78 is 58.0. The molecule has 0 fully saturated rings. The number of primary sulfonamides is 2. The molecule has 0 unspecified atom stereocenters. The zero-order chi connectivity index (χ0) is 47.6. The van der Waals surface area contributed by atoms with E-state index >= 15 is 0 Å². The van der Waals surface area contributed by atoms with Crippen LogP contribution in [0.1, 0.15) is 42.4 Å². The van der Waals surface area contributed by atoms with Gasteiger partial charge in [-0.05, 0) is 111 Å². The van der Waals surface area contributed by atoms with Gasteiger partial charge in [-0.2, -0.15) is 0 Å². The molecule has 0 aromatic heterocycles. The molecule has 65 heavy (non-hydrogen) atoms. The van der Waals surface area contributed by atoms with Gasteiger partial charge < -0.3 is 51.6 Å². The topological polar surface area (TPSA) is 327 Å². The Morgan fingerprint density at radius 3 is 1.54 bits per heavy atom. The van der Waals surface area contributed by atoms with Crippen molar-refractivity contribution in [1.82, 2.24) is 24.9 Å². The molecule has 1 aliphatic rings. The second-order valence-electron chi connectivity index (χ2n) is 15.4. The number of sulfonamides is 2. The third-order valence-corrected chi connectivity index (χ3v) is 12.2. The highest BCUT2D eigenvalue weighted by Crippen LogP contribution is 2.33. The van der Waals surface area contributed by atoms with E-state index < -0.39 is 69.2 Å². The summed E-state index contributed by atoms with van der Waals surface area (Å²) in [5.74, 6) is -1.97. The second kappa shape index (κ2) is 25.1. The van der Waals surface area contributed by atoms with Crippen molar-refractivity contribution in [1.29, 1.82) is 0 Å². The van der Waals surface area contributed by atoms with Crippen molar-refractivity contribution >= 4 is 49.6 Å². The minimum Gasteiger partial charge on any atom is -0.454 e. The van der Waals surface area contributed by atoms with Crippen LogP contribution >= 0.6 is 0 Å². The number of ether oxygens (including phenoxy) is 2. The molecule has 356 valence electrons. The lowest BCUT2D eigenvalue weighted by atomic mass is 10.1. The number of nitrogens with one attached hydrogen (secondary N) is 1. The van der Waals surface area contributed by atoms with Crippen molar-refractivity contribution in [3.8, 4) is 11.5 Å². The van der Waals surface area contributed by atoms with Gasteiger partial charge in [-0.3, -0.25) is 24.0 Å². The first-order valence-corrected chi connectivity index (χ1v) is 24.1. The van der Waals surface area contributed by atoms with E-state index in [9.17, 15) is 40.8 Å². The maximum Gasteiger partial charge on any atom is 0.242 e. The van der Waals surface area contributed by atoms with E-state index in [0.29, 0.717) is 74.4 Å². The third kappa shape index (κ3) is 17.3. The fourth-order valence-corrected chi connectivity index (χ4v) is 7.77. The molecular weight excluding hydrogens is 885 g/mol. The normalized spacial score (nSPS) is 12.1. The minimum absolute atomic E-state index is 0.00824. The Morgan fingerprint density at radius 1 is 0.554 bits per heavy atom. The molecule has 0 saturated heterocycles. The number of nitrogens with zero attached hydrogens (tertiary/aromatic N) is 4. The van der Waals surface area contributed by atoms with E-state index in [0.717, 1.165) is 5.56 Å². The number of hydrogen-bond donors (Lipinski definition) is 6. The van der Waals surface area contributed by atoms with Crippen molar-refractivity contribution in [2.75, 3.05) is 78.8 Å². The van der Waals surface area contributed by atoms with E-state index in [4.69, 9.17) is 37.0 Å². The maximum atomic E-state index is 14.5. The summed E-state index contributed by atoms with van der Waals surface area (Å²) in [6.45, 7) is -0.681. The summed E-state index contributed by atoms with van der Waals surface area (Å²) >= 11 is 0. The van der Waals surface area contributed by atoms with Gasteiger partial charge in [0.05, 0.1) is 36.0 Å². The van der Waals surface area contributed by atoms with Gasteiger partial charge in [0.15, 0.2) is 11.5 Å². The molecule has 0 atom stereocenters. The van der Waals surface area contributed by atoms with Gasteiger partial charge in [-0.15, -0.1) is 0 Å². The lowest BCUT2D eigenvalue weighted by Gasteiger charge is -2.31. The van der Waals surface area contributed by atoms with E-state index in [1.807, 2.05) is 0 Å². The summed E-state index contributed by atoms with van der Waals surface area (Å²) in [6, 6.07) is 16.8. The van der Waals surface area contributed by atoms with Crippen LogP contribution in [0.25, 0.3) is 0 Å². The van der Waals surface area contributed by atoms with Crippen LogP contribution in [-0.4, -0.2) is 145 Å². The van der Waals surface area contributed by atoms with Crippen molar-refractivity contribution in [3.63, 3.8) is 0 Å². The van der Waals surface area contributed by atoms with Crippen LogP contribution in [0, 0.1) is 0 Å². The van der Waals surface area contributed by atoms with Gasteiger partial charge in [0.1, 0.15) is 6.54 Å². The zero-order valence-corrected chi connectivity index (χ0v) is 37.9. The molecule has 0 bridgehead atoms. The largest absolute Gasteiger partial charge is 0.454 e. The van der Waals surface area contributed by atoms with E-state index in [2.05, 4.69) is 5.32 Å². The monoisotopic (exact) mass is 944 g/mol. The van der Waals surface area contributed by atoms with Crippen LogP contribution in [0.4, 0.5) is 0 Å². The van der Waals surface area contributed by atoms with Gasteiger partial charge in [-0.1, -0.05) is 30.3 Å². The van der Waals surface area contributed by atoms with Crippen LogP contribution < -0.4 is 42.3 Å². The Hall–Kier alpha value is -5.69. The van der Waals surface area contributed by atoms with Crippen LogP contribution in [0.15, 0.2) is 76.5 Å². The van der Waals surface area contributed by atoms with Crippen LogP contribution in [0.3, 0.4) is 0 Å². The fourth-order valence-electron chi connectivity index (χ4n) is 6.74. The molecule has 0 radical (unpaired) electrons. The molecule has 3 aromatic rings. The molecule has 0 aliphatic carbocycles. The number of unbranched alkanes of at least 4 members (excludes halogenated alkanes) is 2. The molecule has 23 heteroatoms. The summed E-state index contributed by atoms with van der Waals surface area (Å²) in [5.41, 5.74) is 18.9. The number of rotatable bonds is 28. The SMILES string of the molecule is NCCCCN(CC(N)=O)C(=O)CN(Cc1ccc2c(c1)OCO2)C(=O)CN(CCc1ccc(S(N)(=O)=O)cc1)C(=O)CN(CCCCN)C(=O)CNCCc1ccc(S(N)(=O)=O)cc1. The van der Waals surface area contributed by atoms with Crippen molar-refractivity contribution < 1.29 is 50.3 Å². The highest BCUT2D eigenvalue weighted by atomic mass is 32.2. The highest BCUT2D eigenvalue weighted by molar-refractivity contribution is 7.89. The van der Waals surface area contributed by atoms with Gasteiger partial charge >= 0.3 is 0 Å². The first-order valence-electron chi connectivity index (χ1n) is 21.0.